The van der Waals surface area contributed by atoms with E-state index in [0.717, 1.165) is 47.8 Å². The van der Waals surface area contributed by atoms with Gasteiger partial charge >= 0.3 is 0 Å². The molecule has 1 aromatic carbocycles. The Morgan fingerprint density at radius 2 is 2.00 bits per heavy atom. The lowest BCUT2D eigenvalue weighted by Gasteiger charge is -2.23. The number of anilines is 1. The second-order valence-corrected chi connectivity index (χ2v) is 10.8. The Bertz CT molecular complexity index is 1360. The van der Waals surface area contributed by atoms with Crippen molar-refractivity contribution in [1.82, 2.24) is 25.8 Å². The summed E-state index contributed by atoms with van der Waals surface area (Å²) in [6, 6.07) is 5.99. The summed E-state index contributed by atoms with van der Waals surface area (Å²) in [6.45, 7) is 10.3. The van der Waals surface area contributed by atoms with Crippen molar-refractivity contribution in [3.05, 3.63) is 51.5 Å². The minimum absolute atomic E-state index is 0.155. The van der Waals surface area contributed by atoms with Crippen LogP contribution in [-0.2, 0) is 0 Å². The minimum atomic E-state index is -0.628. The summed E-state index contributed by atoms with van der Waals surface area (Å²) < 4.78 is 11.4. The first kappa shape index (κ1) is 27.4. The summed E-state index contributed by atoms with van der Waals surface area (Å²) in [5, 5.41) is 21.5. The zero-order chi connectivity index (χ0) is 27.7. The summed E-state index contributed by atoms with van der Waals surface area (Å²) in [6.07, 6.45) is 2.83. The molecule has 3 aromatic rings. The Balaban J connectivity index is 1.56. The first-order chi connectivity index (χ1) is 18.8. The highest BCUT2D eigenvalue weighted by Crippen LogP contribution is 2.38. The van der Waals surface area contributed by atoms with Gasteiger partial charge in [0.1, 0.15) is 30.0 Å². The summed E-state index contributed by atoms with van der Waals surface area (Å²) in [5.74, 6) is 2.65. The lowest BCUT2D eigenvalue weighted by atomic mass is 10.0. The molecule has 0 unspecified atom stereocenters. The largest absolute Gasteiger partial charge is 0.491 e. The van der Waals surface area contributed by atoms with E-state index in [4.69, 9.17) is 30.8 Å². The molecule has 1 aliphatic heterocycles. The van der Waals surface area contributed by atoms with Gasteiger partial charge in [0, 0.05) is 36.0 Å². The lowest BCUT2D eigenvalue weighted by molar-refractivity contribution is 0.108. The fourth-order valence-electron chi connectivity index (χ4n) is 5.03. The smallest absolute Gasteiger partial charge is 0.163 e. The molecule has 1 aliphatic carbocycles. The van der Waals surface area contributed by atoms with Gasteiger partial charge in [-0.2, -0.15) is 0 Å². The quantitative estimate of drug-likeness (QED) is 0.315. The molecule has 0 bridgehead atoms. The molecule has 1 atom stereocenters. The number of hydrogen-bond donors (Lipinski definition) is 3. The standard InChI is InChI=1S/C29H37ClN6O3/c1-6-19-13-36(14-25(19)32-20-7-8-20)29-16(2)27(26-17(3)35-39-18(26)4)33-28(34-29)23-11-22(9-10-24(23)30)38-15-21(37)12-31-5/h9-11,20-21,31-32,37H,6-8,12-15H2,1-5H3/t21-/m1/s1. The summed E-state index contributed by atoms with van der Waals surface area (Å²) in [7, 11) is 1.79. The van der Waals surface area contributed by atoms with E-state index >= 15 is 0 Å². The number of halogens is 1. The number of likely N-dealkylation sites (N-methyl/N-ethyl adjacent to an activating group) is 1. The molecule has 0 spiro atoms. The lowest BCUT2D eigenvalue weighted by Crippen LogP contribution is -2.29. The zero-order valence-electron chi connectivity index (χ0n) is 23.3. The predicted octanol–water partition coefficient (Wildman–Crippen LogP) is 4.57. The van der Waals surface area contributed by atoms with E-state index in [1.54, 1.807) is 19.2 Å². The van der Waals surface area contributed by atoms with Crippen LogP contribution in [0.15, 0.2) is 34.0 Å². The third-order valence-electron chi connectivity index (χ3n) is 7.29. The number of nitrogens with one attached hydrogen (secondary N) is 2. The maximum atomic E-state index is 10.1. The molecule has 2 aliphatic rings. The van der Waals surface area contributed by atoms with Gasteiger partial charge in [-0.05, 0) is 70.9 Å². The van der Waals surface area contributed by atoms with Crippen LogP contribution in [0.1, 0.15) is 43.2 Å². The number of aromatic nitrogens is 3. The Kier molecular flexibility index (Phi) is 8.11. The van der Waals surface area contributed by atoms with Crippen LogP contribution in [0.5, 0.6) is 5.75 Å². The molecule has 2 aromatic heterocycles. The summed E-state index contributed by atoms with van der Waals surface area (Å²) in [4.78, 5) is 12.4. The van der Waals surface area contributed by atoms with Crippen LogP contribution < -0.4 is 20.3 Å². The topological polar surface area (TPSA) is 109 Å². The van der Waals surface area contributed by atoms with Gasteiger partial charge in [0.05, 0.1) is 28.5 Å². The Labute approximate surface area is 234 Å². The molecule has 0 radical (unpaired) electrons. The second kappa shape index (κ2) is 11.5. The van der Waals surface area contributed by atoms with Crippen LogP contribution in [-0.4, -0.2) is 65.7 Å². The highest BCUT2D eigenvalue weighted by Gasteiger charge is 2.30. The maximum Gasteiger partial charge on any atom is 0.163 e. The van der Waals surface area contributed by atoms with E-state index < -0.39 is 6.10 Å². The van der Waals surface area contributed by atoms with Crippen molar-refractivity contribution in [2.75, 3.05) is 38.2 Å². The predicted molar refractivity (Wildman–Crippen MR) is 153 cm³/mol. The van der Waals surface area contributed by atoms with Gasteiger partial charge in [0.25, 0.3) is 0 Å². The van der Waals surface area contributed by atoms with Gasteiger partial charge < -0.3 is 29.9 Å². The highest BCUT2D eigenvalue weighted by atomic mass is 35.5. The fraction of sp³-hybridized carbons (Fsp3) is 0.483. The van der Waals surface area contributed by atoms with Crippen LogP contribution >= 0.6 is 11.6 Å². The van der Waals surface area contributed by atoms with Crippen molar-refractivity contribution in [3.8, 4) is 28.4 Å². The Morgan fingerprint density at radius 3 is 2.67 bits per heavy atom. The van der Waals surface area contributed by atoms with Gasteiger partial charge in [-0.25, -0.2) is 9.97 Å². The van der Waals surface area contributed by atoms with Crippen molar-refractivity contribution in [3.63, 3.8) is 0 Å². The Morgan fingerprint density at radius 1 is 1.21 bits per heavy atom. The molecule has 3 heterocycles. The van der Waals surface area contributed by atoms with Crippen LogP contribution in [0, 0.1) is 20.8 Å². The van der Waals surface area contributed by atoms with Crippen LogP contribution in [0.2, 0.25) is 5.02 Å². The second-order valence-electron chi connectivity index (χ2n) is 10.4. The first-order valence-electron chi connectivity index (χ1n) is 13.6. The normalized spacial score (nSPS) is 16.2. The molecular weight excluding hydrogens is 516 g/mol. The molecule has 39 heavy (non-hydrogen) atoms. The number of aryl methyl sites for hydroxylation is 2. The van der Waals surface area contributed by atoms with Crippen molar-refractivity contribution in [2.24, 2.45) is 0 Å². The van der Waals surface area contributed by atoms with E-state index in [9.17, 15) is 5.11 Å². The van der Waals surface area contributed by atoms with Crippen molar-refractivity contribution in [2.45, 2.75) is 59.1 Å². The third-order valence-corrected chi connectivity index (χ3v) is 7.62. The number of benzene rings is 1. The van der Waals surface area contributed by atoms with E-state index in [2.05, 4.69) is 34.5 Å². The molecule has 3 N–H and O–H groups in total. The van der Waals surface area contributed by atoms with Crippen LogP contribution in [0.25, 0.3) is 22.6 Å². The number of ether oxygens (including phenoxy) is 1. The van der Waals surface area contributed by atoms with E-state index in [-0.39, 0.29) is 6.61 Å². The molecular formula is C29H37ClN6O3. The van der Waals surface area contributed by atoms with E-state index in [1.807, 2.05) is 19.9 Å². The third kappa shape index (κ3) is 5.90. The molecule has 0 saturated heterocycles. The molecule has 0 amide bonds. The SMILES string of the molecule is CCC1=C(NC2CC2)CN(c2nc(-c3cc(OC[C@H](O)CNC)ccc3Cl)nc(-c3c(C)noc3C)c2C)C1. The van der Waals surface area contributed by atoms with Gasteiger partial charge in [-0.15, -0.1) is 0 Å². The fourth-order valence-corrected chi connectivity index (χ4v) is 5.23. The van der Waals surface area contributed by atoms with E-state index in [0.29, 0.717) is 40.5 Å². The number of hydrogen-bond acceptors (Lipinski definition) is 9. The maximum absolute atomic E-state index is 10.1. The van der Waals surface area contributed by atoms with Crippen molar-refractivity contribution >= 4 is 17.4 Å². The van der Waals surface area contributed by atoms with Crippen LogP contribution in [0.4, 0.5) is 5.82 Å². The van der Waals surface area contributed by atoms with Crippen molar-refractivity contribution in [1.29, 1.82) is 0 Å². The molecule has 9 nitrogen and oxygen atoms in total. The zero-order valence-corrected chi connectivity index (χ0v) is 24.0. The number of aliphatic hydroxyl groups excluding tert-OH is 1. The summed E-state index contributed by atoms with van der Waals surface area (Å²) in [5.41, 5.74) is 6.77. The monoisotopic (exact) mass is 552 g/mol. The molecule has 1 fully saturated rings. The molecule has 208 valence electrons. The van der Waals surface area contributed by atoms with Gasteiger partial charge in [-0.1, -0.05) is 23.7 Å². The number of aliphatic hydroxyl groups is 1. The Hall–Kier alpha value is -3.14. The van der Waals surface area contributed by atoms with Gasteiger partial charge in [-0.3, -0.25) is 0 Å². The average Bonchev–Trinajstić information content (AvgIpc) is 3.55. The van der Waals surface area contributed by atoms with Crippen molar-refractivity contribution < 1.29 is 14.4 Å². The van der Waals surface area contributed by atoms with Gasteiger partial charge in [0.2, 0.25) is 0 Å². The van der Waals surface area contributed by atoms with Gasteiger partial charge in [0.15, 0.2) is 5.82 Å². The van der Waals surface area contributed by atoms with Crippen LogP contribution in [0.3, 0.4) is 0 Å². The highest BCUT2D eigenvalue weighted by molar-refractivity contribution is 6.33. The van der Waals surface area contributed by atoms with E-state index in [1.165, 1.54) is 24.1 Å². The molecule has 10 heteroatoms. The summed E-state index contributed by atoms with van der Waals surface area (Å²) >= 11 is 6.71. The molecule has 5 rings (SSSR count). The first-order valence-corrected chi connectivity index (χ1v) is 14.0. The number of nitrogens with zero attached hydrogens (tertiary/aromatic N) is 4. The number of rotatable bonds is 11. The average molecular weight is 553 g/mol. The minimum Gasteiger partial charge on any atom is -0.491 e. The molecule has 1 saturated carbocycles.